The average molecular weight is 388 g/mol. The first-order valence-electron chi connectivity index (χ1n) is 8.17. The molecule has 8 nitrogen and oxygen atoms in total. The minimum absolute atomic E-state index is 0.134. The lowest BCUT2D eigenvalue weighted by atomic mass is 10.2. The first-order chi connectivity index (χ1) is 12.9. The Kier molecular flexibility index (Phi) is 4.19. The van der Waals surface area contributed by atoms with E-state index in [4.69, 9.17) is 0 Å². The Morgan fingerprint density at radius 3 is 3.00 bits per heavy atom. The third-order valence-electron chi connectivity index (χ3n) is 4.44. The molecule has 2 heterocycles. The second-order valence-corrected chi connectivity index (χ2v) is 7.27. The standard InChI is InChI=1S/C17H13FN4O4S/c18-9-4-5-11(12(6-9)22(25)26)20-14(23)7-21-8-19-16-15(17(21)24)10-2-1-3-13(10)27-16/h4-6,8H,1-3,7H2,(H,20,23). The van der Waals surface area contributed by atoms with Crippen LogP contribution in [0.15, 0.2) is 29.3 Å². The predicted octanol–water partition coefficient (Wildman–Crippen LogP) is 2.63. The molecule has 0 atom stereocenters. The maximum Gasteiger partial charge on any atom is 0.295 e. The van der Waals surface area contributed by atoms with Gasteiger partial charge in [-0.1, -0.05) is 0 Å². The molecule has 1 amide bonds. The van der Waals surface area contributed by atoms with Gasteiger partial charge in [-0.3, -0.25) is 24.3 Å². The summed E-state index contributed by atoms with van der Waals surface area (Å²) in [5, 5.41) is 13.9. The zero-order valence-corrected chi connectivity index (χ0v) is 14.7. The third-order valence-corrected chi connectivity index (χ3v) is 5.64. The average Bonchev–Trinajstić information content (AvgIpc) is 3.19. The molecule has 0 aliphatic heterocycles. The van der Waals surface area contributed by atoms with Crippen molar-refractivity contribution in [1.29, 1.82) is 0 Å². The van der Waals surface area contributed by atoms with E-state index in [-0.39, 0.29) is 17.8 Å². The van der Waals surface area contributed by atoms with Crippen LogP contribution in [0.1, 0.15) is 16.9 Å². The van der Waals surface area contributed by atoms with Crippen molar-refractivity contribution in [2.24, 2.45) is 0 Å². The van der Waals surface area contributed by atoms with Gasteiger partial charge in [-0.25, -0.2) is 9.37 Å². The zero-order valence-electron chi connectivity index (χ0n) is 13.9. The highest BCUT2D eigenvalue weighted by Gasteiger charge is 2.22. The van der Waals surface area contributed by atoms with Gasteiger partial charge in [0.05, 0.1) is 22.7 Å². The van der Waals surface area contributed by atoms with Crippen LogP contribution in [-0.4, -0.2) is 20.4 Å². The largest absolute Gasteiger partial charge is 0.319 e. The molecule has 138 valence electrons. The van der Waals surface area contributed by atoms with E-state index < -0.39 is 22.3 Å². The molecule has 4 rings (SSSR count). The molecule has 0 unspecified atom stereocenters. The number of nitrogens with one attached hydrogen (secondary N) is 1. The van der Waals surface area contributed by atoms with Crippen LogP contribution in [0.5, 0.6) is 0 Å². The Morgan fingerprint density at radius 2 is 2.22 bits per heavy atom. The first kappa shape index (κ1) is 17.3. The van der Waals surface area contributed by atoms with E-state index in [0.29, 0.717) is 10.2 Å². The molecule has 1 aliphatic carbocycles. The van der Waals surface area contributed by atoms with Gasteiger partial charge in [0.1, 0.15) is 22.9 Å². The fraction of sp³-hybridized carbons (Fsp3) is 0.235. The van der Waals surface area contributed by atoms with Gasteiger partial charge < -0.3 is 5.32 Å². The molecule has 0 radical (unpaired) electrons. The number of rotatable bonds is 4. The van der Waals surface area contributed by atoms with Crippen molar-refractivity contribution in [1.82, 2.24) is 9.55 Å². The highest BCUT2D eigenvalue weighted by atomic mass is 32.1. The number of thiophene rings is 1. The highest BCUT2D eigenvalue weighted by molar-refractivity contribution is 7.18. The molecule has 1 aromatic carbocycles. The third kappa shape index (κ3) is 3.08. The summed E-state index contributed by atoms with van der Waals surface area (Å²) in [6.45, 7) is -0.346. The smallest absolute Gasteiger partial charge is 0.295 e. The van der Waals surface area contributed by atoms with Crippen LogP contribution in [0.25, 0.3) is 10.2 Å². The molecular formula is C17H13FN4O4S. The number of benzene rings is 1. The molecular weight excluding hydrogens is 375 g/mol. The summed E-state index contributed by atoms with van der Waals surface area (Å²) in [6.07, 6.45) is 4.06. The molecule has 0 bridgehead atoms. The maximum absolute atomic E-state index is 13.2. The quantitative estimate of drug-likeness (QED) is 0.546. The Balaban J connectivity index is 1.62. The monoisotopic (exact) mass is 388 g/mol. The van der Waals surface area contributed by atoms with E-state index in [9.17, 15) is 24.1 Å². The lowest BCUT2D eigenvalue weighted by Crippen LogP contribution is -2.28. The van der Waals surface area contributed by atoms with Gasteiger partial charge in [-0.05, 0) is 37.0 Å². The normalized spacial score (nSPS) is 12.9. The number of carbonyl (C=O) groups excluding carboxylic acids is 1. The van der Waals surface area contributed by atoms with Crippen molar-refractivity contribution in [3.63, 3.8) is 0 Å². The van der Waals surface area contributed by atoms with Crippen LogP contribution >= 0.6 is 11.3 Å². The van der Waals surface area contributed by atoms with Gasteiger partial charge in [0.2, 0.25) is 5.91 Å². The molecule has 3 aromatic rings. The fourth-order valence-electron chi connectivity index (χ4n) is 3.24. The minimum Gasteiger partial charge on any atom is -0.319 e. The molecule has 1 aliphatic rings. The summed E-state index contributed by atoms with van der Waals surface area (Å²) >= 11 is 1.50. The Morgan fingerprint density at radius 1 is 1.41 bits per heavy atom. The van der Waals surface area contributed by atoms with Crippen molar-refractivity contribution < 1.29 is 14.1 Å². The van der Waals surface area contributed by atoms with Gasteiger partial charge in [-0.15, -0.1) is 11.3 Å². The van der Waals surface area contributed by atoms with Crippen molar-refractivity contribution >= 4 is 38.8 Å². The van der Waals surface area contributed by atoms with Crippen molar-refractivity contribution in [2.45, 2.75) is 25.8 Å². The molecule has 1 N–H and O–H groups in total. The Bertz CT molecular complexity index is 1150. The minimum atomic E-state index is -0.785. The summed E-state index contributed by atoms with van der Waals surface area (Å²) in [4.78, 5) is 41.4. The molecule has 0 saturated heterocycles. The van der Waals surface area contributed by atoms with E-state index in [1.54, 1.807) is 0 Å². The number of fused-ring (bicyclic) bond motifs is 3. The van der Waals surface area contributed by atoms with E-state index in [1.165, 1.54) is 27.1 Å². The number of anilines is 1. The molecule has 0 saturated carbocycles. The van der Waals surface area contributed by atoms with Crippen molar-refractivity contribution in [3.05, 3.63) is 61.3 Å². The molecule has 0 fully saturated rings. The fourth-order valence-corrected chi connectivity index (χ4v) is 4.46. The number of hydrogen-bond acceptors (Lipinski definition) is 6. The lowest BCUT2D eigenvalue weighted by Gasteiger charge is -2.08. The second-order valence-electron chi connectivity index (χ2n) is 6.18. The maximum atomic E-state index is 13.2. The van der Waals surface area contributed by atoms with Crippen LogP contribution in [0.3, 0.4) is 0 Å². The lowest BCUT2D eigenvalue weighted by molar-refractivity contribution is -0.384. The zero-order chi connectivity index (χ0) is 19.1. The van der Waals surface area contributed by atoms with Gasteiger partial charge in [0.25, 0.3) is 11.2 Å². The number of halogens is 1. The van der Waals surface area contributed by atoms with Crippen LogP contribution in [0.4, 0.5) is 15.8 Å². The molecule has 0 spiro atoms. The second kappa shape index (κ2) is 6.54. The summed E-state index contributed by atoms with van der Waals surface area (Å²) in [5.74, 6) is -1.42. The van der Waals surface area contributed by atoms with Gasteiger partial charge >= 0.3 is 0 Å². The number of nitro benzene ring substituents is 1. The number of amides is 1. The van der Waals surface area contributed by atoms with E-state index in [0.717, 1.165) is 43.0 Å². The van der Waals surface area contributed by atoms with Crippen molar-refractivity contribution in [2.75, 3.05) is 5.32 Å². The number of hydrogen-bond donors (Lipinski definition) is 1. The Hall–Kier alpha value is -3.14. The highest BCUT2D eigenvalue weighted by Crippen LogP contribution is 2.34. The summed E-state index contributed by atoms with van der Waals surface area (Å²) < 4.78 is 14.4. The summed E-state index contributed by atoms with van der Waals surface area (Å²) in [5.41, 5.74) is 0.0180. The Labute approximate surface area is 155 Å². The van der Waals surface area contributed by atoms with Gasteiger partial charge in [0, 0.05) is 4.88 Å². The van der Waals surface area contributed by atoms with Crippen LogP contribution in [0.2, 0.25) is 0 Å². The predicted molar refractivity (Wildman–Crippen MR) is 97.6 cm³/mol. The number of aromatic nitrogens is 2. The van der Waals surface area contributed by atoms with E-state index in [1.807, 2.05) is 0 Å². The van der Waals surface area contributed by atoms with Crippen LogP contribution in [0, 0.1) is 15.9 Å². The van der Waals surface area contributed by atoms with Gasteiger partial charge in [0.15, 0.2) is 0 Å². The topological polar surface area (TPSA) is 107 Å². The number of carbonyl (C=O) groups is 1. The molecule has 10 heteroatoms. The summed E-state index contributed by atoms with van der Waals surface area (Å²) in [7, 11) is 0. The molecule has 27 heavy (non-hydrogen) atoms. The number of nitrogens with zero attached hydrogens (tertiary/aromatic N) is 3. The molecule has 2 aromatic heterocycles. The van der Waals surface area contributed by atoms with Gasteiger partial charge in [-0.2, -0.15) is 0 Å². The van der Waals surface area contributed by atoms with Crippen LogP contribution < -0.4 is 10.9 Å². The SMILES string of the molecule is O=C(Cn1cnc2sc3c(c2c1=O)CCC3)Nc1ccc(F)cc1[N+](=O)[O-]. The van der Waals surface area contributed by atoms with E-state index >= 15 is 0 Å². The number of aryl methyl sites for hydroxylation is 2. The van der Waals surface area contributed by atoms with Crippen LogP contribution in [-0.2, 0) is 24.2 Å². The number of nitro groups is 1. The first-order valence-corrected chi connectivity index (χ1v) is 8.99. The summed E-state index contributed by atoms with van der Waals surface area (Å²) in [6, 6.07) is 2.85. The van der Waals surface area contributed by atoms with Crippen molar-refractivity contribution in [3.8, 4) is 0 Å². The van der Waals surface area contributed by atoms with E-state index in [2.05, 4.69) is 10.3 Å².